The van der Waals surface area contributed by atoms with Gasteiger partial charge in [0.05, 0.1) is 24.7 Å². The molecule has 0 radical (unpaired) electrons. The van der Waals surface area contributed by atoms with E-state index in [4.69, 9.17) is 9.26 Å². The molecule has 4 aromatic carbocycles. The van der Waals surface area contributed by atoms with Gasteiger partial charge < -0.3 is 24.3 Å². The van der Waals surface area contributed by atoms with Crippen LogP contribution in [0.3, 0.4) is 0 Å². The van der Waals surface area contributed by atoms with Gasteiger partial charge in [0.2, 0.25) is 0 Å². The van der Waals surface area contributed by atoms with Crippen LogP contribution in [-0.4, -0.2) is 38.9 Å². The van der Waals surface area contributed by atoms with Gasteiger partial charge in [0.15, 0.2) is 0 Å². The molecule has 0 saturated carbocycles. The fourth-order valence-electron chi connectivity index (χ4n) is 5.24. The molecule has 4 rings (SSSR count). The van der Waals surface area contributed by atoms with Gasteiger partial charge in [-0.15, -0.1) is 0 Å². The second-order valence-corrected chi connectivity index (χ2v) is 11.9. The molecule has 0 aromatic heterocycles. The highest BCUT2D eigenvalue weighted by Crippen LogP contribution is 2.60. The van der Waals surface area contributed by atoms with Gasteiger partial charge in [0.1, 0.15) is 5.60 Å². The minimum Gasteiger partial charge on any atom is -0.373 e. The average Bonchev–Trinajstić information content (AvgIpc) is 2.96. The van der Waals surface area contributed by atoms with E-state index in [2.05, 4.69) is 4.52 Å². The molecule has 41 heavy (non-hydrogen) atoms. The van der Waals surface area contributed by atoms with E-state index >= 15 is 0 Å². The predicted molar refractivity (Wildman–Crippen MR) is 154 cm³/mol. The lowest BCUT2D eigenvalue weighted by Gasteiger charge is -2.51. The van der Waals surface area contributed by atoms with Gasteiger partial charge in [-0.25, -0.2) is 9.13 Å². The van der Waals surface area contributed by atoms with Gasteiger partial charge in [-0.1, -0.05) is 121 Å². The third-order valence-corrected chi connectivity index (χ3v) is 7.82. The molecule has 0 aliphatic rings. The van der Waals surface area contributed by atoms with Crippen molar-refractivity contribution in [2.24, 2.45) is 0 Å². The van der Waals surface area contributed by atoms with Crippen LogP contribution in [0.1, 0.15) is 29.2 Å². The van der Waals surface area contributed by atoms with Gasteiger partial charge >= 0.3 is 15.6 Å². The van der Waals surface area contributed by atoms with Crippen molar-refractivity contribution in [3.8, 4) is 0 Å². The van der Waals surface area contributed by atoms with Crippen LogP contribution in [0, 0.1) is 0 Å². The minimum absolute atomic E-state index is 0.406. The topological polar surface area (TPSA) is 143 Å². The van der Waals surface area contributed by atoms with Crippen molar-refractivity contribution in [2.75, 3.05) is 13.2 Å². The number of hydrogen-bond acceptors (Lipinski definition) is 5. The third-order valence-electron chi connectivity index (χ3n) is 6.79. The van der Waals surface area contributed by atoms with E-state index in [1.807, 2.05) is 91.0 Å². The number of benzene rings is 4. The van der Waals surface area contributed by atoms with E-state index in [0.717, 1.165) is 0 Å². The van der Waals surface area contributed by atoms with E-state index in [9.17, 15) is 28.7 Å². The summed E-state index contributed by atoms with van der Waals surface area (Å²) in [5, 5.41) is 0. The van der Waals surface area contributed by atoms with Gasteiger partial charge in [0.25, 0.3) is 0 Å². The van der Waals surface area contributed by atoms with Gasteiger partial charge in [-0.3, -0.25) is 9.05 Å². The second kappa shape index (κ2) is 12.9. The maximum absolute atomic E-state index is 13.0. The van der Waals surface area contributed by atoms with Crippen LogP contribution in [0.2, 0.25) is 0 Å². The zero-order chi connectivity index (χ0) is 29.6. The Kier molecular flexibility index (Phi) is 9.77. The first kappa shape index (κ1) is 31.0. The molecule has 216 valence electrons. The van der Waals surface area contributed by atoms with Crippen LogP contribution in [0.15, 0.2) is 121 Å². The van der Waals surface area contributed by atoms with Crippen LogP contribution in [0.25, 0.3) is 0 Å². The molecule has 0 heterocycles. The molecule has 0 aliphatic heterocycles. The summed E-state index contributed by atoms with van der Waals surface area (Å²) in [5.74, 6) is 0. The van der Waals surface area contributed by atoms with Crippen molar-refractivity contribution in [3.05, 3.63) is 144 Å². The standard InChI is InChI=1S/C30H32O9P2/c1-24(22-38-40(31,32)33)37-23-29(39-41(34,35)36,25-14-6-2-7-15-25)30(26-16-8-3-9-17-26,27-18-10-4-11-19-27)28-20-12-5-13-21-28/h2-21,24H,22-23H2,1H3,(H2,31,32,33)(H2,34,35,36). The van der Waals surface area contributed by atoms with E-state index in [0.29, 0.717) is 22.3 Å². The highest BCUT2D eigenvalue weighted by atomic mass is 31.2. The van der Waals surface area contributed by atoms with E-state index in [1.54, 1.807) is 30.3 Å². The smallest absolute Gasteiger partial charge is 0.373 e. The van der Waals surface area contributed by atoms with Gasteiger partial charge in [0, 0.05) is 0 Å². The monoisotopic (exact) mass is 598 g/mol. The van der Waals surface area contributed by atoms with Gasteiger partial charge in [-0.2, -0.15) is 0 Å². The van der Waals surface area contributed by atoms with E-state index < -0.39 is 46.0 Å². The molecule has 0 saturated heterocycles. The molecule has 4 N–H and O–H groups in total. The maximum atomic E-state index is 13.0. The Labute approximate surface area is 238 Å². The van der Waals surface area contributed by atoms with Gasteiger partial charge in [-0.05, 0) is 29.2 Å². The van der Waals surface area contributed by atoms with Crippen LogP contribution < -0.4 is 0 Å². The summed E-state index contributed by atoms with van der Waals surface area (Å²) in [5.41, 5.74) is -0.938. The summed E-state index contributed by atoms with van der Waals surface area (Å²) in [6.45, 7) is 0.630. The van der Waals surface area contributed by atoms with Crippen molar-refractivity contribution in [2.45, 2.75) is 24.0 Å². The first-order chi connectivity index (χ1) is 19.5. The average molecular weight is 599 g/mol. The summed E-state index contributed by atoms with van der Waals surface area (Å²) in [4.78, 5) is 39.4. The summed E-state index contributed by atoms with van der Waals surface area (Å²) < 4.78 is 41.1. The highest BCUT2D eigenvalue weighted by molar-refractivity contribution is 7.46. The zero-order valence-electron chi connectivity index (χ0n) is 22.3. The van der Waals surface area contributed by atoms with Crippen molar-refractivity contribution < 1.29 is 42.5 Å². The van der Waals surface area contributed by atoms with Crippen molar-refractivity contribution in [1.29, 1.82) is 0 Å². The van der Waals surface area contributed by atoms with Crippen LogP contribution in [0.4, 0.5) is 0 Å². The molecule has 0 bridgehead atoms. The predicted octanol–water partition coefficient (Wildman–Crippen LogP) is 5.54. The maximum Gasteiger partial charge on any atom is 0.470 e. The Bertz CT molecular complexity index is 1380. The number of phosphoric ester groups is 2. The molecule has 11 heteroatoms. The first-order valence-electron chi connectivity index (χ1n) is 12.8. The normalized spacial score (nSPS) is 14.8. The molecule has 0 fully saturated rings. The number of rotatable bonds is 13. The number of phosphoric acid groups is 2. The van der Waals surface area contributed by atoms with Crippen LogP contribution >= 0.6 is 15.6 Å². The van der Waals surface area contributed by atoms with Crippen LogP contribution in [-0.2, 0) is 33.9 Å². The number of ether oxygens (including phenoxy) is 1. The SMILES string of the molecule is CC(COP(=O)(O)O)OCC(OP(=O)(O)O)(c1ccccc1)C(c1ccccc1)(c1ccccc1)c1ccccc1. The fraction of sp³-hybridized carbons (Fsp3) is 0.200. The molecule has 9 nitrogen and oxygen atoms in total. The Hall–Kier alpha value is -2.94. The molecule has 2 unspecified atom stereocenters. The molecule has 0 aliphatic carbocycles. The molecular formula is C30H32O9P2. The van der Waals surface area contributed by atoms with Crippen molar-refractivity contribution in [3.63, 3.8) is 0 Å². The molecular weight excluding hydrogens is 566 g/mol. The fourth-order valence-corrected chi connectivity index (χ4v) is 6.34. The van der Waals surface area contributed by atoms with Crippen molar-refractivity contribution in [1.82, 2.24) is 0 Å². The highest BCUT2D eigenvalue weighted by Gasteiger charge is 2.60. The lowest BCUT2D eigenvalue weighted by Crippen LogP contribution is -2.55. The Morgan fingerprint density at radius 3 is 1.32 bits per heavy atom. The summed E-state index contributed by atoms with van der Waals surface area (Å²) in [7, 11) is -10.0. The first-order valence-corrected chi connectivity index (χ1v) is 15.8. The van der Waals surface area contributed by atoms with Crippen LogP contribution in [0.5, 0.6) is 0 Å². The summed E-state index contributed by atoms with van der Waals surface area (Å²) in [6, 6.07) is 36.4. The van der Waals surface area contributed by atoms with E-state index in [1.165, 1.54) is 6.92 Å². The quantitative estimate of drug-likeness (QED) is 0.115. The Balaban J connectivity index is 2.10. The summed E-state index contributed by atoms with van der Waals surface area (Å²) >= 11 is 0. The minimum atomic E-state index is -5.25. The summed E-state index contributed by atoms with van der Waals surface area (Å²) in [6.07, 6.45) is -0.897. The zero-order valence-corrected chi connectivity index (χ0v) is 24.1. The molecule has 0 amide bonds. The Morgan fingerprint density at radius 1 is 0.610 bits per heavy atom. The van der Waals surface area contributed by atoms with E-state index in [-0.39, 0.29) is 0 Å². The lowest BCUT2D eigenvalue weighted by atomic mass is 9.57. The Morgan fingerprint density at radius 2 is 0.976 bits per heavy atom. The largest absolute Gasteiger partial charge is 0.470 e. The third kappa shape index (κ3) is 7.11. The second-order valence-electron chi connectivity index (χ2n) is 9.53. The number of hydrogen-bond donors (Lipinski definition) is 4. The lowest BCUT2D eigenvalue weighted by molar-refractivity contribution is -0.102. The molecule has 0 spiro atoms. The molecule has 2 atom stereocenters. The molecule has 4 aromatic rings. The van der Waals surface area contributed by atoms with Crippen molar-refractivity contribution >= 4 is 15.6 Å².